The Morgan fingerprint density at radius 3 is 2.43 bits per heavy atom. The van der Waals surface area contributed by atoms with Crippen LogP contribution in [0.4, 0.5) is 5.69 Å². The fraction of sp³-hybridized carbons (Fsp3) is 0.316. The Kier molecular flexibility index (Phi) is 6.48. The minimum atomic E-state index is -0.179. The number of ether oxygens (including phenoxy) is 2. The molecule has 0 aromatic heterocycles. The van der Waals surface area contributed by atoms with E-state index in [1.165, 1.54) is 0 Å². The Bertz CT molecular complexity index is 623. The highest BCUT2D eigenvalue weighted by molar-refractivity contribution is 6.06. The zero-order valence-corrected chi connectivity index (χ0v) is 13.7. The van der Waals surface area contributed by atoms with Crippen molar-refractivity contribution in [2.24, 2.45) is 0 Å². The third-order valence-electron chi connectivity index (χ3n) is 3.31. The molecule has 1 amide bonds. The van der Waals surface area contributed by atoms with E-state index in [4.69, 9.17) is 9.47 Å². The molecule has 2 aromatic rings. The van der Waals surface area contributed by atoms with Gasteiger partial charge in [-0.1, -0.05) is 25.5 Å². The van der Waals surface area contributed by atoms with Gasteiger partial charge in [0.15, 0.2) is 0 Å². The first-order chi connectivity index (χ1) is 11.2. The van der Waals surface area contributed by atoms with Gasteiger partial charge in [-0.05, 0) is 49.7 Å². The molecule has 1 N–H and O–H groups in total. The molecule has 0 fully saturated rings. The monoisotopic (exact) mass is 313 g/mol. The predicted octanol–water partition coefficient (Wildman–Crippen LogP) is 4.52. The summed E-state index contributed by atoms with van der Waals surface area (Å²) in [5, 5.41) is 2.88. The highest BCUT2D eigenvalue weighted by Gasteiger charge is 2.12. The second-order valence-corrected chi connectivity index (χ2v) is 5.11. The van der Waals surface area contributed by atoms with Crippen LogP contribution in [0.15, 0.2) is 48.5 Å². The molecule has 0 aliphatic rings. The molecule has 0 bridgehead atoms. The molecule has 0 heterocycles. The molecular formula is C19H23NO3. The third-order valence-corrected chi connectivity index (χ3v) is 3.31. The summed E-state index contributed by atoms with van der Waals surface area (Å²) in [6.07, 6.45) is 2.02. The summed E-state index contributed by atoms with van der Waals surface area (Å²) in [5.41, 5.74) is 1.26. The molecule has 0 aliphatic heterocycles. The van der Waals surface area contributed by atoms with E-state index in [-0.39, 0.29) is 5.91 Å². The van der Waals surface area contributed by atoms with Gasteiger partial charge in [-0.25, -0.2) is 0 Å². The molecule has 0 saturated carbocycles. The summed E-state index contributed by atoms with van der Waals surface area (Å²) in [5.74, 6) is 1.22. The highest BCUT2D eigenvalue weighted by Crippen LogP contribution is 2.21. The number of carbonyl (C=O) groups is 1. The van der Waals surface area contributed by atoms with E-state index in [1.807, 2.05) is 49.4 Å². The lowest BCUT2D eigenvalue weighted by Gasteiger charge is -2.12. The number of rotatable bonds is 8. The molecule has 4 nitrogen and oxygen atoms in total. The molecule has 0 aliphatic carbocycles. The Morgan fingerprint density at radius 2 is 1.74 bits per heavy atom. The molecule has 0 spiro atoms. The average Bonchev–Trinajstić information content (AvgIpc) is 2.57. The Hall–Kier alpha value is -2.49. The second kappa shape index (κ2) is 8.83. The van der Waals surface area contributed by atoms with Gasteiger partial charge >= 0.3 is 0 Å². The third kappa shape index (κ3) is 5.02. The van der Waals surface area contributed by atoms with Crippen LogP contribution in [-0.4, -0.2) is 19.1 Å². The van der Waals surface area contributed by atoms with Crippen LogP contribution >= 0.6 is 0 Å². The predicted molar refractivity (Wildman–Crippen MR) is 92.4 cm³/mol. The zero-order chi connectivity index (χ0) is 16.5. The number of amides is 1. The number of hydrogen-bond acceptors (Lipinski definition) is 3. The van der Waals surface area contributed by atoms with E-state index >= 15 is 0 Å². The molecule has 2 rings (SSSR count). The van der Waals surface area contributed by atoms with Gasteiger partial charge in [0.1, 0.15) is 11.5 Å². The van der Waals surface area contributed by atoms with Crippen LogP contribution in [0.25, 0.3) is 0 Å². The molecule has 4 heteroatoms. The number of unbranched alkanes of at least 4 members (excludes halogenated alkanes) is 1. The summed E-state index contributed by atoms with van der Waals surface area (Å²) in [6.45, 7) is 5.27. The number of carbonyl (C=O) groups excluding carboxylic acids is 1. The Morgan fingerprint density at radius 1 is 1.00 bits per heavy atom. The minimum Gasteiger partial charge on any atom is -0.494 e. The summed E-state index contributed by atoms with van der Waals surface area (Å²) < 4.78 is 11.1. The lowest BCUT2D eigenvalue weighted by molar-refractivity contribution is 0.102. The van der Waals surface area contributed by atoms with Crippen LogP contribution in [0, 0.1) is 0 Å². The quantitative estimate of drug-likeness (QED) is 0.729. The first kappa shape index (κ1) is 16.9. The van der Waals surface area contributed by atoms with Crippen LogP contribution < -0.4 is 14.8 Å². The number of hydrogen-bond donors (Lipinski definition) is 1. The van der Waals surface area contributed by atoms with Gasteiger partial charge in [-0.15, -0.1) is 0 Å². The van der Waals surface area contributed by atoms with Crippen molar-refractivity contribution in [3.63, 3.8) is 0 Å². The van der Waals surface area contributed by atoms with E-state index in [2.05, 4.69) is 12.2 Å². The van der Waals surface area contributed by atoms with Gasteiger partial charge in [0.2, 0.25) is 0 Å². The fourth-order valence-corrected chi connectivity index (χ4v) is 2.11. The van der Waals surface area contributed by atoms with Gasteiger partial charge in [0.25, 0.3) is 5.91 Å². The SMILES string of the molecule is CCCCOc1ccccc1C(=O)Nc1ccc(OCC)cc1. The average molecular weight is 313 g/mol. The van der Waals surface area contributed by atoms with Crippen molar-refractivity contribution in [3.05, 3.63) is 54.1 Å². The van der Waals surface area contributed by atoms with Crippen LogP contribution in [0.5, 0.6) is 11.5 Å². The summed E-state index contributed by atoms with van der Waals surface area (Å²) in [4.78, 5) is 12.5. The van der Waals surface area contributed by atoms with E-state index in [0.717, 1.165) is 24.3 Å². The maximum absolute atomic E-state index is 12.5. The molecule has 0 unspecified atom stereocenters. The van der Waals surface area contributed by atoms with Crippen LogP contribution in [0.3, 0.4) is 0 Å². The van der Waals surface area contributed by atoms with Crippen molar-refractivity contribution in [3.8, 4) is 11.5 Å². The van der Waals surface area contributed by atoms with Crippen molar-refractivity contribution in [1.29, 1.82) is 0 Å². The van der Waals surface area contributed by atoms with Crippen molar-refractivity contribution >= 4 is 11.6 Å². The maximum atomic E-state index is 12.5. The molecule has 122 valence electrons. The number of para-hydroxylation sites is 1. The molecular weight excluding hydrogens is 290 g/mol. The first-order valence-corrected chi connectivity index (χ1v) is 8.00. The lowest BCUT2D eigenvalue weighted by Crippen LogP contribution is -2.14. The van der Waals surface area contributed by atoms with Crippen molar-refractivity contribution in [2.75, 3.05) is 18.5 Å². The smallest absolute Gasteiger partial charge is 0.259 e. The van der Waals surface area contributed by atoms with Gasteiger partial charge in [-0.3, -0.25) is 4.79 Å². The van der Waals surface area contributed by atoms with Crippen molar-refractivity contribution in [2.45, 2.75) is 26.7 Å². The van der Waals surface area contributed by atoms with Crippen molar-refractivity contribution in [1.82, 2.24) is 0 Å². The normalized spacial score (nSPS) is 10.2. The fourth-order valence-electron chi connectivity index (χ4n) is 2.11. The van der Waals surface area contributed by atoms with E-state index in [0.29, 0.717) is 24.5 Å². The summed E-state index contributed by atoms with van der Waals surface area (Å²) in [6, 6.07) is 14.6. The lowest BCUT2D eigenvalue weighted by atomic mass is 10.2. The second-order valence-electron chi connectivity index (χ2n) is 5.11. The maximum Gasteiger partial charge on any atom is 0.259 e. The summed E-state index contributed by atoms with van der Waals surface area (Å²) >= 11 is 0. The van der Waals surface area contributed by atoms with Crippen LogP contribution in [0.1, 0.15) is 37.0 Å². The molecule has 0 saturated heterocycles. The number of anilines is 1. The molecule has 0 radical (unpaired) electrons. The largest absolute Gasteiger partial charge is 0.494 e. The van der Waals surface area contributed by atoms with Crippen LogP contribution in [0.2, 0.25) is 0 Å². The van der Waals surface area contributed by atoms with Crippen molar-refractivity contribution < 1.29 is 14.3 Å². The molecule has 0 atom stereocenters. The highest BCUT2D eigenvalue weighted by atomic mass is 16.5. The zero-order valence-electron chi connectivity index (χ0n) is 13.7. The minimum absolute atomic E-state index is 0.179. The standard InChI is InChI=1S/C19H23NO3/c1-3-5-14-23-18-9-7-6-8-17(18)19(21)20-15-10-12-16(13-11-15)22-4-2/h6-13H,3-5,14H2,1-2H3,(H,20,21). The van der Waals surface area contributed by atoms with Gasteiger partial charge in [-0.2, -0.15) is 0 Å². The van der Waals surface area contributed by atoms with Gasteiger partial charge < -0.3 is 14.8 Å². The molecule has 23 heavy (non-hydrogen) atoms. The number of nitrogens with one attached hydrogen (secondary N) is 1. The van der Waals surface area contributed by atoms with E-state index in [1.54, 1.807) is 6.07 Å². The Balaban J connectivity index is 2.05. The topological polar surface area (TPSA) is 47.6 Å². The van der Waals surface area contributed by atoms with Crippen LogP contribution in [-0.2, 0) is 0 Å². The Labute approximate surface area is 137 Å². The summed E-state index contributed by atoms with van der Waals surface area (Å²) in [7, 11) is 0. The van der Waals surface area contributed by atoms with E-state index in [9.17, 15) is 4.79 Å². The molecule has 2 aromatic carbocycles. The number of benzene rings is 2. The van der Waals surface area contributed by atoms with Gasteiger partial charge in [0, 0.05) is 5.69 Å². The first-order valence-electron chi connectivity index (χ1n) is 8.00. The van der Waals surface area contributed by atoms with E-state index < -0.39 is 0 Å². The van der Waals surface area contributed by atoms with Gasteiger partial charge in [0.05, 0.1) is 18.8 Å².